The highest BCUT2D eigenvalue weighted by atomic mass is 79.9. The molecule has 124 valence electrons. The second-order valence-electron chi connectivity index (χ2n) is 5.89. The summed E-state index contributed by atoms with van der Waals surface area (Å²) in [6.45, 7) is 4.23. The number of carbonyl (C=O) groups excluding carboxylic acids is 1. The molecular formula is C19H19BrN2OS. The molecular weight excluding hydrogens is 384 g/mol. The molecule has 2 unspecified atom stereocenters. The minimum Gasteiger partial charge on any atom is -0.301 e. The second-order valence-corrected chi connectivity index (χ2v) is 7.84. The van der Waals surface area contributed by atoms with Crippen molar-refractivity contribution >= 4 is 48.5 Å². The molecule has 0 bridgehead atoms. The van der Waals surface area contributed by atoms with Gasteiger partial charge in [-0.2, -0.15) is 0 Å². The van der Waals surface area contributed by atoms with Crippen molar-refractivity contribution in [2.75, 3.05) is 5.32 Å². The smallest absolute Gasteiger partial charge is 0.233 e. The third-order valence-corrected chi connectivity index (χ3v) is 5.66. The van der Waals surface area contributed by atoms with Crippen LogP contribution in [0.15, 0.2) is 53.0 Å². The van der Waals surface area contributed by atoms with Crippen molar-refractivity contribution in [2.45, 2.75) is 26.2 Å². The third-order valence-electron chi connectivity index (χ3n) is 4.23. The number of hydrogen-bond acceptors (Lipinski definition) is 3. The average molecular weight is 403 g/mol. The maximum Gasteiger partial charge on any atom is 0.233 e. The second kappa shape index (κ2) is 7.45. The number of nitrogens with one attached hydrogen (secondary N) is 1. The summed E-state index contributed by atoms with van der Waals surface area (Å²) < 4.78 is 2.07. The SMILES string of the molecule is CCC(C)C(C(=O)Nc1nc2ccc(Br)cc2s1)c1ccccc1. The molecule has 2 atom stereocenters. The van der Waals surface area contributed by atoms with E-state index >= 15 is 0 Å². The molecule has 1 aromatic heterocycles. The van der Waals surface area contributed by atoms with E-state index in [1.54, 1.807) is 0 Å². The van der Waals surface area contributed by atoms with Crippen LogP contribution in [0.25, 0.3) is 10.2 Å². The van der Waals surface area contributed by atoms with Crippen LogP contribution in [0, 0.1) is 5.92 Å². The molecule has 0 fully saturated rings. The van der Waals surface area contributed by atoms with Gasteiger partial charge in [-0.15, -0.1) is 0 Å². The van der Waals surface area contributed by atoms with E-state index in [9.17, 15) is 4.79 Å². The normalized spacial score (nSPS) is 13.6. The van der Waals surface area contributed by atoms with Crippen molar-refractivity contribution in [1.29, 1.82) is 0 Å². The maximum atomic E-state index is 12.9. The van der Waals surface area contributed by atoms with E-state index in [-0.39, 0.29) is 17.7 Å². The van der Waals surface area contributed by atoms with Crippen LogP contribution in [0.3, 0.4) is 0 Å². The number of nitrogens with zero attached hydrogens (tertiary/aromatic N) is 1. The molecule has 0 saturated carbocycles. The van der Waals surface area contributed by atoms with Crippen molar-refractivity contribution < 1.29 is 4.79 Å². The van der Waals surface area contributed by atoms with Crippen LogP contribution in [-0.2, 0) is 4.79 Å². The van der Waals surface area contributed by atoms with Crippen LogP contribution in [0.2, 0.25) is 0 Å². The molecule has 0 spiro atoms. The molecule has 3 rings (SSSR count). The van der Waals surface area contributed by atoms with Crippen LogP contribution in [0.5, 0.6) is 0 Å². The van der Waals surface area contributed by atoms with Crippen LogP contribution in [-0.4, -0.2) is 10.9 Å². The first-order valence-corrected chi connectivity index (χ1v) is 9.61. The van der Waals surface area contributed by atoms with Gasteiger partial charge in [-0.1, -0.05) is 77.9 Å². The number of aromatic nitrogens is 1. The topological polar surface area (TPSA) is 42.0 Å². The Hall–Kier alpha value is -1.72. The van der Waals surface area contributed by atoms with Gasteiger partial charge in [0.25, 0.3) is 0 Å². The van der Waals surface area contributed by atoms with Gasteiger partial charge in [0.2, 0.25) is 5.91 Å². The molecule has 0 aliphatic rings. The summed E-state index contributed by atoms with van der Waals surface area (Å²) in [5.74, 6) is 0.0968. The Morgan fingerprint density at radius 3 is 2.71 bits per heavy atom. The van der Waals surface area contributed by atoms with Crippen molar-refractivity contribution in [2.24, 2.45) is 5.92 Å². The lowest BCUT2D eigenvalue weighted by Gasteiger charge is -2.22. The van der Waals surface area contributed by atoms with Gasteiger partial charge < -0.3 is 5.32 Å². The Labute approximate surface area is 154 Å². The van der Waals surface area contributed by atoms with E-state index in [1.807, 2.05) is 48.5 Å². The number of thiazole rings is 1. The summed E-state index contributed by atoms with van der Waals surface area (Å²) in [6, 6.07) is 15.9. The van der Waals surface area contributed by atoms with E-state index in [4.69, 9.17) is 0 Å². The Morgan fingerprint density at radius 1 is 1.25 bits per heavy atom. The zero-order valence-corrected chi connectivity index (χ0v) is 16.0. The zero-order valence-electron chi connectivity index (χ0n) is 13.6. The van der Waals surface area contributed by atoms with Gasteiger partial charge in [0.05, 0.1) is 16.1 Å². The molecule has 3 aromatic rings. The largest absolute Gasteiger partial charge is 0.301 e. The Morgan fingerprint density at radius 2 is 2.00 bits per heavy atom. The lowest BCUT2D eigenvalue weighted by Crippen LogP contribution is -2.26. The molecule has 24 heavy (non-hydrogen) atoms. The average Bonchev–Trinajstić information content (AvgIpc) is 2.97. The number of carbonyl (C=O) groups is 1. The standard InChI is InChI=1S/C19H19BrN2OS/c1-3-12(2)17(13-7-5-4-6-8-13)18(23)22-19-21-15-10-9-14(20)11-16(15)24-19/h4-12,17H,3H2,1-2H3,(H,21,22,23). The predicted octanol–water partition coefficient (Wildman–Crippen LogP) is 5.83. The number of hydrogen-bond donors (Lipinski definition) is 1. The summed E-state index contributed by atoms with van der Waals surface area (Å²) in [5.41, 5.74) is 1.95. The first kappa shape index (κ1) is 17.1. The Kier molecular flexibility index (Phi) is 5.31. The summed E-state index contributed by atoms with van der Waals surface area (Å²) in [7, 11) is 0. The van der Waals surface area contributed by atoms with Gasteiger partial charge in [-0.25, -0.2) is 4.98 Å². The molecule has 1 heterocycles. The van der Waals surface area contributed by atoms with E-state index in [0.29, 0.717) is 5.13 Å². The molecule has 2 aromatic carbocycles. The Balaban J connectivity index is 1.87. The minimum atomic E-state index is -0.171. The summed E-state index contributed by atoms with van der Waals surface area (Å²) in [6.07, 6.45) is 0.944. The maximum absolute atomic E-state index is 12.9. The lowest BCUT2D eigenvalue weighted by molar-refractivity contribution is -0.118. The monoisotopic (exact) mass is 402 g/mol. The number of amides is 1. The molecule has 1 N–H and O–H groups in total. The summed E-state index contributed by atoms with van der Waals surface area (Å²) in [5, 5.41) is 3.67. The minimum absolute atomic E-state index is 0.00803. The Bertz CT molecular complexity index is 847. The van der Waals surface area contributed by atoms with E-state index in [1.165, 1.54) is 11.3 Å². The van der Waals surface area contributed by atoms with E-state index in [0.717, 1.165) is 26.7 Å². The van der Waals surface area contributed by atoms with Crippen molar-refractivity contribution in [1.82, 2.24) is 4.98 Å². The van der Waals surface area contributed by atoms with Crippen molar-refractivity contribution in [3.8, 4) is 0 Å². The first-order valence-electron chi connectivity index (χ1n) is 8.00. The van der Waals surface area contributed by atoms with Gasteiger partial charge >= 0.3 is 0 Å². The quantitative estimate of drug-likeness (QED) is 0.583. The van der Waals surface area contributed by atoms with Gasteiger partial charge in [0.15, 0.2) is 5.13 Å². The van der Waals surface area contributed by atoms with Crippen molar-refractivity contribution in [3.63, 3.8) is 0 Å². The van der Waals surface area contributed by atoms with Gasteiger partial charge in [0, 0.05) is 4.47 Å². The molecule has 3 nitrogen and oxygen atoms in total. The third kappa shape index (κ3) is 3.68. The molecule has 0 saturated heterocycles. The van der Waals surface area contributed by atoms with Gasteiger partial charge in [0.1, 0.15) is 0 Å². The lowest BCUT2D eigenvalue weighted by atomic mass is 9.85. The number of halogens is 1. The van der Waals surface area contributed by atoms with Crippen molar-refractivity contribution in [3.05, 3.63) is 58.6 Å². The van der Waals surface area contributed by atoms with Crippen LogP contribution >= 0.6 is 27.3 Å². The van der Waals surface area contributed by atoms with E-state index in [2.05, 4.69) is 40.1 Å². The fourth-order valence-corrected chi connectivity index (χ4v) is 4.19. The molecule has 5 heteroatoms. The fourth-order valence-electron chi connectivity index (χ4n) is 2.77. The van der Waals surface area contributed by atoms with E-state index < -0.39 is 0 Å². The molecule has 1 amide bonds. The molecule has 0 radical (unpaired) electrons. The first-order chi connectivity index (χ1) is 11.6. The predicted molar refractivity (Wildman–Crippen MR) is 105 cm³/mol. The number of rotatable bonds is 5. The number of anilines is 1. The van der Waals surface area contributed by atoms with Gasteiger partial charge in [-0.3, -0.25) is 4.79 Å². The van der Waals surface area contributed by atoms with Crippen LogP contribution in [0.1, 0.15) is 31.7 Å². The van der Waals surface area contributed by atoms with Crippen LogP contribution < -0.4 is 5.32 Å². The number of fused-ring (bicyclic) bond motifs is 1. The zero-order chi connectivity index (χ0) is 17.1. The fraction of sp³-hybridized carbons (Fsp3) is 0.263. The highest BCUT2D eigenvalue weighted by molar-refractivity contribution is 9.10. The highest BCUT2D eigenvalue weighted by Crippen LogP contribution is 2.32. The van der Waals surface area contributed by atoms with Crippen LogP contribution in [0.4, 0.5) is 5.13 Å². The molecule has 0 aliphatic heterocycles. The summed E-state index contributed by atoms with van der Waals surface area (Å²) >= 11 is 4.96. The summed E-state index contributed by atoms with van der Waals surface area (Å²) in [4.78, 5) is 17.4. The number of benzene rings is 2. The highest BCUT2D eigenvalue weighted by Gasteiger charge is 2.26. The molecule has 0 aliphatic carbocycles. The van der Waals surface area contributed by atoms with Gasteiger partial charge in [-0.05, 0) is 29.7 Å².